The van der Waals surface area contributed by atoms with Crippen molar-refractivity contribution in [2.24, 2.45) is 5.92 Å². The summed E-state index contributed by atoms with van der Waals surface area (Å²) in [7, 11) is 0. The van der Waals surface area contributed by atoms with Crippen LogP contribution in [0.15, 0.2) is 42.5 Å². The zero-order valence-corrected chi connectivity index (χ0v) is 19.3. The smallest absolute Gasteiger partial charge is 0.311 e. The molecule has 9 heteroatoms. The van der Waals surface area contributed by atoms with E-state index >= 15 is 0 Å². The minimum absolute atomic E-state index is 0.0187. The lowest BCUT2D eigenvalue weighted by molar-refractivity contribution is -0.152. The Morgan fingerprint density at radius 3 is 2.33 bits per heavy atom. The highest BCUT2D eigenvalue weighted by Crippen LogP contribution is 2.32. The maximum atomic E-state index is 12.7. The molecule has 0 radical (unpaired) electrons. The van der Waals surface area contributed by atoms with Gasteiger partial charge in [0.2, 0.25) is 5.91 Å². The van der Waals surface area contributed by atoms with Gasteiger partial charge in [-0.15, -0.1) is 0 Å². The van der Waals surface area contributed by atoms with Crippen molar-refractivity contribution in [1.29, 1.82) is 0 Å². The number of hydrogen-bond donors (Lipinski definition) is 2. The van der Waals surface area contributed by atoms with Gasteiger partial charge in [-0.05, 0) is 36.1 Å². The number of para-hydroxylation sites is 1. The molecule has 0 saturated carbocycles. The SMILES string of the molecule is CCc1cccc(CC)c1N1C[C@H](C(=O)OCC(=O)NNC(=O)c2ccccc2Cl)CC1=O. The van der Waals surface area contributed by atoms with Crippen LogP contribution in [0.3, 0.4) is 0 Å². The first kappa shape index (κ1) is 24.3. The molecule has 1 aliphatic rings. The summed E-state index contributed by atoms with van der Waals surface area (Å²) < 4.78 is 5.09. The number of carbonyl (C=O) groups excluding carboxylic acids is 4. The van der Waals surface area contributed by atoms with Crippen molar-refractivity contribution in [2.45, 2.75) is 33.1 Å². The van der Waals surface area contributed by atoms with E-state index in [1.165, 1.54) is 6.07 Å². The zero-order valence-electron chi connectivity index (χ0n) is 18.5. The fraction of sp³-hybridized carbons (Fsp3) is 0.333. The third-order valence-corrected chi connectivity index (χ3v) is 5.80. The van der Waals surface area contributed by atoms with Crippen LogP contribution < -0.4 is 15.8 Å². The second-order valence-corrected chi connectivity index (χ2v) is 8.03. The number of carbonyl (C=O) groups is 4. The van der Waals surface area contributed by atoms with Gasteiger partial charge < -0.3 is 9.64 Å². The van der Waals surface area contributed by atoms with Crippen molar-refractivity contribution in [3.63, 3.8) is 0 Å². The van der Waals surface area contributed by atoms with E-state index in [1.807, 2.05) is 32.0 Å². The number of anilines is 1. The highest BCUT2D eigenvalue weighted by Gasteiger charge is 2.37. The highest BCUT2D eigenvalue weighted by atomic mass is 35.5. The first-order valence-corrected chi connectivity index (χ1v) is 11.1. The van der Waals surface area contributed by atoms with Crippen LogP contribution in [0.5, 0.6) is 0 Å². The van der Waals surface area contributed by atoms with E-state index in [-0.39, 0.29) is 29.5 Å². The number of hydrogen-bond acceptors (Lipinski definition) is 5. The van der Waals surface area contributed by atoms with Gasteiger partial charge in [-0.3, -0.25) is 30.0 Å². The molecule has 0 aliphatic carbocycles. The van der Waals surface area contributed by atoms with Gasteiger partial charge in [0.05, 0.1) is 16.5 Å². The van der Waals surface area contributed by atoms with E-state index in [1.54, 1.807) is 23.1 Å². The summed E-state index contributed by atoms with van der Waals surface area (Å²) in [5.74, 6) is -2.76. The number of ether oxygens (including phenoxy) is 1. The Morgan fingerprint density at radius 1 is 1.03 bits per heavy atom. The molecule has 0 aromatic heterocycles. The molecule has 2 aromatic carbocycles. The number of nitrogens with zero attached hydrogens (tertiary/aromatic N) is 1. The molecule has 33 heavy (non-hydrogen) atoms. The topological polar surface area (TPSA) is 105 Å². The molecule has 174 valence electrons. The lowest BCUT2D eigenvalue weighted by Crippen LogP contribution is -2.44. The fourth-order valence-electron chi connectivity index (χ4n) is 3.77. The molecule has 1 aliphatic heterocycles. The normalized spacial score (nSPS) is 15.3. The van der Waals surface area contributed by atoms with E-state index < -0.39 is 30.3 Å². The summed E-state index contributed by atoms with van der Waals surface area (Å²) in [4.78, 5) is 50.9. The minimum atomic E-state index is -0.713. The van der Waals surface area contributed by atoms with Gasteiger partial charge in [-0.25, -0.2) is 0 Å². The summed E-state index contributed by atoms with van der Waals surface area (Å²) in [5.41, 5.74) is 7.54. The molecule has 3 rings (SSSR count). The van der Waals surface area contributed by atoms with Crippen molar-refractivity contribution in [1.82, 2.24) is 10.9 Å². The molecule has 3 amide bonds. The summed E-state index contributed by atoms with van der Waals surface area (Å²) in [6.45, 7) is 3.66. The molecule has 1 fully saturated rings. The summed E-state index contributed by atoms with van der Waals surface area (Å²) in [6, 6.07) is 12.3. The Morgan fingerprint density at radius 2 is 1.70 bits per heavy atom. The van der Waals surface area contributed by atoms with Gasteiger partial charge in [0.1, 0.15) is 0 Å². The average molecular weight is 472 g/mol. The summed E-state index contributed by atoms with van der Waals surface area (Å²) >= 11 is 5.94. The monoisotopic (exact) mass is 471 g/mol. The minimum Gasteiger partial charge on any atom is -0.455 e. The maximum Gasteiger partial charge on any atom is 0.311 e. The highest BCUT2D eigenvalue weighted by molar-refractivity contribution is 6.33. The standard InChI is InChI=1S/C24H26ClN3O5/c1-3-15-8-7-9-16(4-2)22(15)28-13-17(12-21(28)30)24(32)33-14-20(29)26-27-23(31)18-10-5-6-11-19(18)25/h5-11,17H,3-4,12-14H2,1-2H3,(H,26,29)(H,27,31)/t17-/m1/s1. The van der Waals surface area contributed by atoms with Crippen LogP contribution in [0.25, 0.3) is 0 Å². The van der Waals surface area contributed by atoms with Crippen LogP contribution in [-0.2, 0) is 32.0 Å². The number of nitrogens with one attached hydrogen (secondary N) is 2. The van der Waals surface area contributed by atoms with Crippen LogP contribution in [0, 0.1) is 5.92 Å². The molecule has 1 heterocycles. The van der Waals surface area contributed by atoms with Crippen LogP contribution in [0.2, 0.25) is 5.02 Å². The van der Waals surface area contributed by atoms with Gasteiger partial charge in [-0.2, -0.15) is 0 Å². The molecule has 1 saturated heterocycles. The quantitative estimate of drug-likeness (QED) is 0.477. The van der Waals surface area contributed by atoms with Crippen molar-refractivity contribution in [3.05, 3.63) is 64.2 Å². The third kappa shape index (κ3) is 5.70. The van der Waals surface area contributed by atoms with Crippen molar-refractivity contribution in [3.8, 4) is 0 Å². The Kier molecular flexibility index (Phi) is 8.06. The van der Waals surface area contributed by atoms with Crippen LogP contribution >= 0.6 is 11.6 Å². The van der Waals surface area contributed by atoms with Crippen molar-refractivity contribution in [2.75, 3.05) is 18.1 Å². The van der Waals surface area contributed by atoms with Crippen molar-refractivity contribution < 1.29 is 23.9 Å². The summed E-state index contributed by atoms with van der Waals surface area (Å²) in [6.07, 6.45) is 1.55. The molecule has 2 N–H and O–H groups in total. The Balaban J connectivity index is 1.53. The first-order valence-electron chi connectivity index (χ1n) is 10.8. The molecule has 1 atom stereocenters. The Labute approximate surface area is 197 Å². The number of aryl methyl sites for hydroxylation is 2. The van der Waals surface area contributed by atoms with Crippen molar-refractivity contribution >= 4 is 41.0 Å². The molecule has 0 unspecified atom stereocenters. The summed E-state index contributed by atoms with van der Waals surface area (Å²) in [5, 5.41) is 0.238. The van der Waals surface area contributed by atoms with Gasteiger partial charge >= 0.3 is 5.97 Å². The molecule has 0 spiro atoms. The van der Waals surface area contributed by atoms with E-state index in [4.69, 9.17) is 16.3 Å². The second kappa shape index (κ2) is 11.0. The van der Waals surface area contributed by atoms with E-state index in [2.05, 4.69) is 10.9 Å². The van der Waals surface area contributed by atoms with Crippen LogP contribution in [0.4, 0.5) is 5.69 Å². The Bertz CT molecular complexity index is 1050. The zero-order chi connectivity index (χ0) is 24.0. The fourth-order valence-corrected chi connectivity index (χ4v) is 3.99. The first-order chi connectivity index (χ1) is 15.8. The molecule has 0 bridgehead atoms. The predicted octanol–water partition coefficient (Wildman–Crippen LogP) is 2.82. The van der Waals surface area contributed by atoms with Gasteiger partial charge in [0.15, 0.2) is 6.61 Å². The number of amides is 3. The lowest BCUT2D eigenvalue weighted by atomic mass is 10.0. The van der Waals surface area contributed by atoms with E-state index in [0.29, 0.717) is 0 Å². The average Bonchev–Trinajstić information content (AvgIpc) is 3.21. The lowest BCUT2D eigenvalue weighted by Gasteiger charge is -2.23. The molecular weight excluding hydrogens is 446 g/mol. The largest absolute Gasteiger partial charge is 0.455 e. The van der Waals surface area contributed by atoms with Gasteiger partial charge in [0, 0.05) is 18.7 Å². The Hall–Kier alpha value is -3.39. The number of halogens is 1. The van der Waals surface area contributed by atoms with E-state index in [0.717, 1.165) is 29.7 Å². The van der Waals surface area contributed by atoms with Crippen LogP contribution in [0.1, 0.15) is 41.8 Å². The third-order valence-electron chi connectivity index (χ3n) is 5.47. The maximum absolute atomic E-state index is 12.7. The number of benzene rings is 2. The van der Waals surface area contributed by atoms with Gasteiger partial charge in [0.25, 0.3) is 11.8 Å². The van der Waals surface area contributed by atoms with Crippen LogP contribution in [-0.4, -0.2) is 36.8 Å². The predicted molar refractivity (Wildman–Crippen MR) is 124 cm³/mol. The van der Waals surface area contributed by atoms with E-state index in [9.17, 15) is 19.2 Å². The number of rotatable bonds is 7. The molecule has 2 aromatic rings. The second-order valence-electron chi connectivity index (χ2n) is 7.63. The number of esters is 1. The van der Waals surface area contributed by atoms with Gasteiger partial charge in [-0.1, -0.05) is 55.8 Å². The molecule has 8 nitrogen and oxygen atoms in total. The molecular formula is C24H26ClN3O5. The number of hydrazine groups is 1.